The highest BCUT2D eigenvalue weighted by Gasteiger charge is 2.10. The quantitative estimate of drug-likeness (QED) is 0.0685. The van der Waals surface area contributed by atoms with Gasteiger partial charge < -0.3 is 21.3 Å². The molecule has 0 bridgehead atoms. The van der Waals surface area contributed by atoms with Gasteiger partial charge in [-0.1, -0.05) is 78.9 Å². The Morgan fingerprint density at radius 3 is 1.75 bits per heavy atom. The number of aromatic nitrogens is 2. The number of benzene rings is 5. The van der Waals surface area contributed by atoms with E-state index in [1.807, 2.05) is 66.7 Å². The van der Waals surface area contributed by atoms with Crippen LogP contribution < -0.4 is 30.7 Å². The second-order valence-corrected chi connectivity index (χ2v) is 12.9. The molecule has 1 aromatic heterocycles. The zero-order chi connectivity index (χ0) is 35.5. The van der Waals surface area contributed by atoms with Crippen molar-refractivity contribution in [3.8, 4) is 11.1 Å². The molecule has 0 atom stereocenters. The van der Waals surface area contributed by atoms with E-state index >= 15 is 0 Å². The third-order valence-corrected chi connectivity index (χ3v) is 8.59. The molecule has 13 heteroatoms. The van der Waals surface area contributed by atoms with Gasteiger partial charge in [-0.3, -0.25) is 9.44 Å². The van der Waals surface area contributed by atoms with Gasteiger partial charge in [0.25, 0.3) is 0 Å². The Balaban J connectivity index is 0.942. The van der Waals surface area contributed by atoms with Gasteiger partial charge in [0.1, 0.15) is 0 Å². The van der Waals surface area contributed by atoms with Crippen molar-refractivity contribution in [2.24, 2.45) is 0 Å². The minimum absolute atomic E-state index is 0.327. The van der Waals surface area contributed by atoms with Gasteiger partial charge in [0.2, 0.25) is 5.95 Å². The van der Waals surface area contributed by atoms with E-state index < -0.39 is 16.0 Å². The van der Waals surface area contributed by atoms with Crippen molar-refractivity contribution in [3.05, 3.63) is 162 Å². The van der Waals surface area contributed by atoms with Crippen molar-refractivity contribution >= 4 is 44.9 Å². The molecule has 0 aliphatic rings. The lowest BCUT2D eigenvalue weighted by Crippen LogP contribution is -2.21. The lowest BCUT2D eigenvalue weighted by molar-refractivity contribution is 0.262. The van der Waals surface area contributed by atoms with Gasteiger partial charge >= 0.3 is 16.2 Å². The fourth-order valence-electron chi connectivity index (χ4n) is 5.06. The molecular formula is C38H35FN8O3S. The van der Waals surface area contributed by atoms with Gasteiger partial charge in [0, 0.05) is 31.0 Å². The molecule has 1 heterocycles. The number of nitrogens with one attached hydrogen (secondary N) is 6. The first-order chi connectivity index (χ1) is 24.8. The van der Waals surface area contributed by atoms with Crippen LogP contribution in [-0.4, -0.2) is 24.4 Å². The van der Waals surface area contributed by atoms with E-state index in [4.69, 9.17) is 0 Å². The monoisotopic (exact) mass is 702 g/mol. The molecule has 0 aliphatic heterocycles. The van der Waals surface area contributed by atoms with Gasteiger partial charge in [0.05, 0.1) is 23.8 Å². The molecule has 6 N–H and O–H groups in total. The Morgan fingerprint density at radius 2 is 1.10 bits per heavy atom. The number of carbonyl (C=O) groups excluding carboxylic acids is 1. The number of carbonyl (C=O) groups is 1. The summed E-state index contributed by atoms with van der Waals surface area (Å²) in [6.07, 6.45) is 2.20. The molecule has 6 rings (SSSR count). The van der Waals surface area contributed by atoms with Crippen LogP contribution in [0, 0.1) is 5.82 Å². The number of urea groups is 1. The number of halogens is 1. The number of anilines is 5. The Kier molecular flexibility index (Phi) is 11.1. The zero-order valence-corrected chi connectivity index (χ0v) is 28.1. The van der Waals surface area contributed by atoms with Crippen LogP contribution in [0.5, 0.6) is 0 Å². The third-order valence-electron chi connectivity index (χ3n) is 7.58. The Morgan fingerprint density at radius 1 is 0.569 bits per heavy atom. The first-order valence-electron chi connectivity index (χ1n) is 16.0. The zero-order valence-electron chi connectivity index (χ0n) is 27.3. The minimum Gasteiger partial charge on any atom is -0.350 e. The topological polar surface area (TPSA) is 149 Å². The molecule has 6 aromatic rings. The molecular weight excluding hydrogens is 668 g/mol. The summed E-state index contributed by atoms with van der Waals surface area (Å²) in [4.78, 5) is 20.5. The largest absolute Gasteiger partial charge is 0.350 e. The lowest BCUT2D eigenvalue weighted by atomic mass is 10.0. The van der Waals surface area contributed by atoms with E-state index in [9.17, 15) is 17.6 Å². The number of hydrogen-bond donors (Lipinski definition) is 6. The van der Waals surface area contributed by atoms with E-state index in [0.29, 0.717) is 48.3 Å². The number of amides is 2. The maximum atomic E-state index is 13.0. The van der Waals surface area contributed by atoms with Crippen LogP contribution in [0.2, 0.25) is 0 Å². The average molecular weight is 703 g/mol. The summed E-state index contributed by atoms with van der Waals surface area (Å²) in [5.74, 6) is -0.170. The van der Waals surface area contributed by atoms with E-state index in [2.05, 4.69) is 52.8 Å². The van der Waals surface area contributed by atoms with Gasteiger partial charge in [-0.15, -0.1) is 0 Å². The molecule has 2 amide bonds. The van der Waals surface area contributed by atoms with Crippen molar-refractivity contribution in [2.45, 2.75) is 19.6 Å². The summed E-state index contributed by atoms with van der Waals surface area (Å²) in [7, 11) is -3.76. The fraction of sp³-hybridized carbons (Fsp3) is 0.0789. The molecule has 0 aliphatic carbocycles. The molecule has 0 radical (unpaired) electrons. The highest BCUT2D eigenvalue weighted by Crippen LogP contribution is 2.24. The lowest BCUT2D eigenvalue weighted by Gasteiger charge is -2.11. The molecule has 11 nitrogen and oxygen atoms in total. The van der Waals surface area contributed by atoms with Gasteiger partial charge in [-0.25, -0.2) is 19.2 Å². The predicted molar refractivity (Wildman–Crippen MR) is 200 cm³/mol. The number of hydrogen-bond acceptors (Lipinski definition) is 7. The number of nitrogens with zero attached hydrogens (tertiary/aromatic N) is 2. The summed E-state index contributed by atoms with van der Waals surface area (Å²) in [5.41, 5.74) is 7.27. The maximum absolute atomic E-state index is 13.0. The van der Waals surface area contributed by atoms with Crippen LogP contribution in [0.1, 0.15) is 16.7 Å². The SMILES string of the molecule is O=C(Nc1ccc(CNc2ncc(F)cn2)cc1)Nc1cccc(-c2ccc(CNCc3ccc(NS(=O)(=O)Nc4ccccc4)cc3)cc2)c1. The normalized spacial score (nSPS) is 11.0. The summed E-state index contributed by atoms with van der Waals surface area (Å²) in [5, 5.41) is 12.2. The van der Waals surface area contributed by atoms with E-state index in [-0.39, 0.29) is 6.03 Å². The fourth-order valence-corrected chi connectivity index (χ4v) is 6.00. The Hall–Kier alpha value is -6.31. The van der Waals surface area contributed by atoms with Crippen molar-refractivity contribution in [1.29, 1.82) is 0 Å². The molecule has 0 spiro atoms. The Labute approximate surface area is 295 Å². The van der Waals surface area contributed by atoms with Crippen LogP contribution in [0.25, 0.3) is 11.1 Å². The maximum Gasteiger partial charge on any atom is 0.323 e. The van der Waals surface area contributed by atoms with Crippen LogP contribution in [0.3, 0.4) is 0 Å². The molecule has 0 fully saturated rings. The number of rotatable bonds is 14. The van der Waals surface area contributed by atoms with E-state index in [1.165, 1.54) is 0 Å². The van der Waals surface area contributed by atoms with Crippen LogP contribution in [0.4, 0.5) is 37.9 Å². The summed E-state index contributed by atoms with van der Waals surface area (Å²) >= 11 is 0. The molecule has 51 heavy (non-hydrogen) atoms. The smallest absolute Gasteiger partial charge is 0.323 e. The standard InChI is InChI=1S/C38H35FN8O3S/c39-32-25-42-37(43-26-32)41-24-29-11-17-33(18-12-29)44-38(48)45-36-8-4-5-31(21-36)30-15-9-27(10-16-30)22-40-23-28-13-19-35(20-14-28)47-51(49,50)46-34-6-2-1-3-7-34/h1-21,25-26,40,46-47H,22-24H2,(H,41,42,43)(H2,44,45,48). The van der Waals surface area contributed by atoms with Crippen LogP contribution >= 0.6 is 0 Å². The average Bonchev–Trinajstić information content (AvgIpc) is 3.13. The summed E-state index contributed by atoms with van der Waals surface area (Å²) in [6.45, 7) is 1.71. The molecule has 0 saturated carbocycles. The molecule has 5 aromatic carbocycles. The van der Waals surface area contributed by atoms with Crippen molar-refractivity contribution in [2.75, 3.05) is 25.4 Å². The van der Waals surface area contributed by atoms with Crippen molar-refractivity contribution < 1.29 is 17.6 Å². The second-order valence-electron chi connectivity index (χ2n) is 11.5. The molecule has 0 unspecified atom stereocenters. The predicted octanol–water partition coefficient (Wildman–Crippen LogP) is 7.60. The number of para-hydroxylation sites is 1. The van der Waals surface area contributed by atoms with Crippen LogP contribution in [-0.2, 0) is 29.8 Å². The first-order valence-corrected chi connectivity index (χ1v) is 17.5. The summed E-state index contributed by atoms with van der Waals surface area (Å²) < 4.78 is 42.8. The second kappa shape index (κ2) is 16.4. The molecule has 258 valence electrons. The summed E-state index contributed by atoms with van der Waals surface area (Å²) in [6, 6.07) is 38.7. The van der Waals surface area contributed by atoms with E-state index in [0.717, 1.165) is 40.2 Å². The third kappa shape index (κ3) is 10.6. The van der Waals surface area contributed by atoms with Crippen molar-refractivity contribution in [3.63, 3.8) is 0 Å². The Bertz CT molecular complexity index is 2150. The van der Waals surface area contributed by atoms with Gasteiger partial charge in [-0.05, 0) is 76.3 Å². The highest BCUT2D eigenvalue weighted by atomic mass is 32.2. The van der Waals surface area contributed by atoms with Gasteiger partial charge in [0.15, 0.2) is 5.82 Å². The molecule has 0 saturated heterocycles. The minimum atomic E-state index is -3.76. The van der Waals surface area contributed by atoms with E-state index in [1.54, 1.807) is 48.5 Å². The van der Waals surface area contributed by atoms with Crippen molar-refractivity contribution in [1.82, 2.24) is 15.3 Å². The van der Waals surface area contributed by atoms with Gasteiger partial charge in [-0.2, -0.15) is 8.42 Å². The highest BCUT2D eigenvalue weighted by molar-refractivity contribution is 7.94. The van der Waals surface area contributed by atoms with Crippen LogP contribution in [0.15, 0.2) is 140 Å². The first kappa shape index (κ1) is 34.5.